The summed E-state index contributed by atoms with van der Waals surface area (Å²) in [6, 6.07) is 9.22. The summed E-state index contributed by atoms with van der Waals surface area (Å²) in [4.78, 5) is 11.5. The molecule has 0 aromatic heterocycles. The summed E-state index contributed by atoms with van der Waals surface area (Å²) in [5, 5.41) is 11.7. The Hall–Kier alpha value is -1.55. The van der Waals surface area contributed by atoms with Gasteiger partial charge in [-0.1, -0.05) is 25.1 Å². The van der Waals surface area contributed by atoms with Crippen molar-refractivity contribution in [1.82, 2.24) is 5.32 Å². The molecular formula is C13H19NO3. The number of aliphatic hydroxyl groups is 1. The van der Waals surface area contributed by atoms with E-state index in [-0.39, 0.29) is 18.6 Å². The normalized spacial score (nSPS) is 11.9. The van der Waals surface area contributed by atoms with E-state index in [2.05, 4.69) is 5.32 Å². The van der Waals surface area contributed by atoms with Gasteiger partial charge in [-0.15, -0.1) is 0 Å². The highest BCUT2D eigenvalue weighted by Crippen LogP contribution is 2.08. The number of carbonyl (C=O) groups is 1. The van der Waals surface area contributed by atoms with Gasteiger partial charge in [0.25, 0.3) is 0 Å². The van der Waals surface area contributed by atoms with Crippen molar-refractivity contribution < 1.29 is 14.6 Å². The Balaban J connectivity index is 2.20. The molecule has 0 saturated carbocycles. The van der Waals surface area contributed by atoms with Crippen molar-refractivity contribution >= 4 is 5.91 Å². The molecule has 0 fully saturated rings. The molecule has 1 aromatic rings. The number of para-hydroxylation sites is 1. The van der Waals surface area contributed by atoms with Crippen LogP contribution in [0.1, 0.15) is 19.8 Å². The Kier molecular flexibility index (Phi) is 6.10. The average Bonchev–Trinajstić information content (AvgIpc) is 2.37. The lowest BCUT2D eigenvalue weighted by Crippen LogP contribution is -2.37. The Morgan fingerprint density at radius 1 is 1.41 bits per heavy atom. The number of hydrogen-bond acceptors (Lipinski definition) is 3. The van der Waals surface area contributed by atoms with Gasteiger partial charge < -0.3 is 15.2 Å². The molecule has 1 aromatic carbocycles. The maximum absolute atomic E-state index is 11.5. The van der Waals surface area contributed by atoms with Crippen LogP contribution < -0.4 is 10.1 Å². The Labute approximate surface area is 102 Å². The third-order valence-corrected chi connectivity index (χ3v) is 2.42. The molecule has 0 aliphatic heterocycles. The van der Waals surface area contributed by atoms with Gasteiger partial charge in [0.1, 0.15) is 5.75 Å². The van der Waals surface area contributed by atoms with Crippen LogP contribution in [0.25, 0.3) is 0 Å². The summed E-state index contributed by atoms with van der Waals surface area (Å²) < 4.78 is 5.40. The number of nitrogens with one attached hydrogen (secondary N) is 1. The van der Waals surface area contributed by atoms with E-state index >= 15 is 0 Å². The van der Waals surface area contributed by atoms with Crippen molar-refractivity contribution in [2.45, 2.75) is 25.8 Å². The first-order valence-corrected chi connectivity index (χ1v) is 5.84. The van der Waals surface area contributed by atoms with Gasteiger partial charge in [0, 0.05) is 0 Å². The molecule has 2 N–H and O–H groups in total. The molecule has 1 amide bonds. The second kappa shape index (κ2) is 7.68. The first kappa shape index (κ1) is 13.5. The first-order valence-electron chi connectivity index (χ1n) is 5.84. The number of hydrogen-bond donors (Lipinski definition) is 2. The van der Waals surface area contributed by atoms with Crippen LogP contribution in [0.15, 0.2) is 30.3 Å². The smallest absolute Gasteiger partial charge is 0.223 e. The Bertz CT molecular complexity index is 323. The minimum absolute atomic E-state index is 0.0260. The zero-order valence-corrected chi connectivity index (χ0v) is 10.1. The molecule has 0 bridgehead atoms. The number of amides is 1. The molecule has 0 saturated heterocycles. The lowest BCUT2D eigenvalue weighted by atomic mass is 10.2. The molecule has 17 heavy (non-hydrogen) atoms. The monoisotopic (exact) mass is 237 g/mol. The van der Waals surface area contributed by atoms with Crippen molar-refractivity contribution in [3.05, 3.63) is 30.3 Å². The van der Waals surface area contributed by atoms with E-state index in [1.165, 1.54) is 0 Å². The molecule has 1 rings (SSSR count). The van der Waals surface area contributed by atoms with Crippen LogP contribution in [0.2, 0.25) is 0 Å². The molecule has 0 spiro atoms. The van der Waals surface area contributed by atoms with E-state index in [1.807, 2.05) is 37.3 Å². The molecule has 0 unspecified atom stereocenters. The highest BCUT2D eigenvalue weighted by molar-refractivity contribution is 5.76. The third kappa shape index (κ3) is 5.36. The quantitative estimate of drug-likeness (QED) is 0.752. The summed E-state index contributed by atoms with van der Waals surface area (Å²) in [5.74, 6) is 0.663. The zero-order valence-electron chi connectivity index (χ0n) is 10.1. The minimum Gasteiger partial charge on any atom is -0.493 e. The minimum atomic E-state index is -0.153. The first-order chi connectivity index (χ1) is 8.26. The number of carbonyl (C=O) groups excluding carboxylic acids is 1. The van der Waals surface area contributed by atoms with Gasteiger partial charge in [0.05, 0.1) is 25.7 Å². The van der Waals surface area contributed by atoms with E-state index in [1.54, 1.807) is 0 Å². The topological polar surface area (TPSA) is 58.6 Å². The SMILES string of the molecule is CC[C@@H](CO)NC(=O)CCOc1ccccc1. The number of benzene rings is 1. The molecule has 0 heterocycles. The van der Waals surface area contributed by atoms with Crippen molar-refractivity contribution in [3.8, 4) is 5.75 Å². The van der Waals surface area contributed by atoms with E-state index in [9.17, 15) is 4.79 Å². The molecular weight excluding hydrogens is 218 g/mol. The number of aliphatic hydroxyl groups excluding tert-OH is 1. The molecule has 0 aliphatic rings. The summed E-state index contributed by atoms with van der Waals surface area (Å²) in [6.45, 7) is 2.24. The summed E-state index contributed by atoms with van der Waals surface area (Å²) in [6.07, 6.45) is 1.02. The predicted molar refractivity (Wildman–Crippen MR) is 65.9 cm³/mol. The zero-order chi connectivity index (χ0) is 12.5. The van der Waals surface area contributed by atoms with E-state index in [4.69, 9.17) is 9.84 Å². The van der Waals surface area contributed by atoms with Crippen LogP contribution in [0.4, 0.5) is 0 Å². The molecule has 4 nitrogen and oxygen atoms in total. The Morgan fingerprint density at radius 3 is 2.71 bits per heavy atom. The number of rotatable bonds is 7. The van der Waals surface area contributed by atoms with Crippen molar-refractivity contribution in [2.75, 3.05) is 13.2 Å². The van der Waals surface area contributed by atoms with E-state index < -0.39 is 0 Å². The maximum Gasteiger partial charge on any atom is 0.223 e. The maximum atomic E-state index is 11.5. The van der Waals surface area contributed by atoms with Crippen molar-refractivity contribution in [2.24, 2.45) is 0 Å². The predicted octanol–water partition coefficient (Wildman–Crippen LogP) is 1.34. The Morgan fingerprint density at radius 2 is 2.12 bits per heavy atom. The molecule has 0 radical (unpaired) electrons. The molecule has 94 valence electrons. The highest BCUT2D eigenvalue weighted by atomic mass is 16.5. The van der Waals surface area contributed by atoms with E-state index in [0.717, 1.165) is 12.2 Å². The van der Waals surface area contributed by atoms with Gasteiger partial charge in [-0.3, -0.25) is 4.79 Å². The third-order valence-electron chi connectivity index (χ3n) is 2.42. The van der Waals surface area contributed by atoms with Crippen molar-refractivity contribution in [3.63, 3.8) is 0 Å². The molecule has 4 heteroatoms. The van der Waals surface area contributed by atoms with Crippen LogP contribution >= 0.6 is 0 Å². The van der Waals surface area contributed by atoms with Gasteiger partial charge in [-0.2, -0.15) is 0 Å². The van der Waals surface area contributed by atoms with Crippen LogP contribution in [0, 0.1) is 0 Å². The second-order valence-corrected chi connectivity index (χ2v) is 3.77. The summed E-state index contributed by atoms with van der Waals surface area (Å²) in [5.41, 5.74) is 0. The van der Waals surface area contributed by atoms with Gasteiger partial charge >= 0.3 is 0 Å². The number of ether oxygens (including phenoxy) is 1. The lowest BCUT2D eigenvalue weighted by molar-refractivity contribution is -0.122. The van der Waals surface area contributed by atoms with Gasteiger partial charge in [0.15, 0.2) is 0 Å². The van der Waals surface area contributed by atoms with Gasteiger partial charge in [-0.05, 0) is 18.6 Å². The van der Waals surface area contributed by atoms with Crippen LogP contribution in [-0.2, 0) is 4.79 Å². The van der Waals surface area contributed by atoms with E-state index in [0.29, 0.717) is 13.0 Å². The average molecular weight is 237 g/mol. The molecule has 0 aliphatic carbocycles. The summed E-state index contributed by atoms with van der Waals surface area (Å²) >= 11 is 0. The second-order valence-electron chi connectivity index (χ2n) is 3.77. The van der Waals surface area contributed by atoms with Crippen LogP contribution in [0.3, 0.4) is 0 Å². The standard InChI is InChI=1S/C13H19NO3/c1-2-11(10-15)14-13(16)8-9-17-12-6-4-3-5-7-12/h3-7,11,15H,2,8-10H2,1H3,(H,14,16)/t11-/m0/s1. The molecule has 1 atom stereocenters. The fourth-order valence-corrected chi connectivity index (χ4v) is 1.35. The van der Waals surface area contributed by atoms with Crippen molar-refractivity contribution in [1.29, 1.82) is 0 Å². The van der Waals surface area contributed by atoms with Crippen LogP contribution in [-0.4, -0.2) is 30.3 Å². The van der Waals surface area contributed by atoms with Gasteiger partial charge in [0.2, 0.25) is 5.91 Å². The lowest BCUT2D eigenvalue weighted by Gasteiger charge is -2.14. The fraction of sp³-hybridized carbons (Fsp3) is 0.462. The summed E-state index contributed by atoms with van der Waals surface area (Å²) in [7, 11) is 0. The van der Waals surface area contributed by atoms with Crippen LogP contribution in [0.5, 0.6) is 5.75 Å². The highest BCUT2D eigenvalue weighted by Gasteiger charge is 2.08. The van der Waals surface area contributed by atoms with Gasteiger partial charge in [-0.25, -0.2) is 0 Å². The largest absolute Gasteiger partial charge is 0.493 e. The fourth-order valence-electron chi connectivity index (χ4n) is 1.35.